The maximum Gasteiger partial charge on any atom is 0.249 e. The fourth-order valence-electron chi connectivity index (χ4n) is 2.18. The van der Waals surface area contributed by atoms with Crippen LogP contribution in [0.2, 0.25) is 15.1 Å². The van der Waals surface area contributed by atoms with E-state index in [0.29, 0.717) is 34.0 Å². The highest BCUT2D eigenvalue weighted by molar-refractivity contribution is 6.35. The molecule has 0 radical (unpaired) electrons. The van der Waals surface area contributed by atoms with E-state index in [1.54, 1.807) is 24.4 Å². The van der Waals surface area contributed by atoms with Crippen molar-refractivity contribution >= 4 is 52.3 Å². The first kappa shape index (κ1) is 17.7. The summed E-state index contributed by atoms with van der Waals surface area (Å²) in [5, 5.41) is 15.9. The van der Waals surface area contributed by atoms with Gasteiger partial charge in [0.1, 0.15) is 0 Å². The molecule has 0 atom stereocenters. The molecule has 0 fully saturated rings. The Labute approximate surface area is 160 Å². The number of halogens is 3. The van der Waals surface area contributed by atoms with E-state index in [-0.39, 0.29) is 0 Å². The highest BCUT2D eigenvalue weighted by Crippen LogP contribution is 2.24. The Bertz CT molecular complexity index is 835. The maximum atomic E-state index is 5.98. The van der Waals surface area contributed by atoms with E-state index in [2.05, 4.69) is 25.8 Å². The minimum absolute atomic E-state index is 0.356. The van der Waals surface area contributed by atoms with Gasteiger partial charge in [-0.25, -0.2) is 0 Å². The van der Waals surface area contributed by atoms with Gasteiger partial charge in [-0.2, -0.15) is 10.1 Å². The van der Waals surface area contributed by atoms with Gasteiger partial charge in [-0.1, -0.05) is 46.9 Å². The predicted molar refractivity (Wildman–Crippen MR) is 103 cm³/mol. The van der Waals surface area contributed by atoms with E-state index in [1.165, 1.54) is 5.56 Å². The molecule has 25 heavy (non-hydrogen) atoms. The van der Waals surface area contributed by atoms with Gasteiger partial charge < -0.3 is 10.6 Å². The van der Waals surface area contributed by atoms with Gasteiger partial charge in [-0.15, -0.1) is 5.10 Å². The normalized spacial score (nSPS) is 10.5. The van der Waals surface area contributed by atoms with Crippen LogP contribution in [0.4, 0.5) is 17.5 Å². The molecule has 1 heterocycles. The van der Waals surface area contributed by atoms with Crippen LogP contribution in [0.15, 0.2) is 48.7 Å². The van der Waals surface area contributed by atoms with Crippen LogP contribution in [0.3, 0.4) is 0 Å². The molecule has 0 unspecified atom stereocenters. The molecule has 2 aromatic carbocycles. The van der Waals surface area contributed by atoms with Crippen molar-refractivity contribution in [2.24, 2.45) is 0 Å². The molecule has 0 amide bonds. The number of nitrogens with zero attached hydrogens (tertiary/aromatic N) is 3. The molecule has 128 valence electrons. The number of aromatic nitrogens is 3. The standard InChI is InChI=1S/C17H14Cl3N5/c18-12-3-1-11(2-4-12)5-6-21-16-10-22-25-17(24-16)23-15-8-13(19)7-14(20)9-15/h1-4,7-10H,5-6H2,(H2,21,23,24,25). The van der Waals surface area contributed by atoms with E-state index >= 15 is 0 Å². The second-order valence-electron chi connectivity index (χ2n) is 5.25. The summed E-state index contributed by atoms with van der Waals surface area (Å²) in [6, 6.07) is 12.9. The van der Waals surface area contributed by atoms with E-state index < -0.39 is 0 Å². The highest BCUT2D eigenvalue weighted by atomic mass is 35.5. The minimum Gasteiger partial charge on any atom is -0.368 e. The van der Waals surface area contributed by atoms with Gasteiger partial charge in [-0.3, -0.25) is 0 Å². The van der Waals surface area contributed by atoms with Crippen LogP contribution in [-0.2, 0) is 6.42 Å². The SMILES string of the molecule is Clc1ccc(CCNc2cnnc(Nc3cc(Cl)cc(Cl)c3)n2)cc1. The molecule has 3 rings (SSSR count). The Morgan fingerprint density at radius 3 is 2.32 bits per heavy atom. The number of hydrogen-bond acceptors (Lipinski definition) is 5. The zero-order valence-electron chi connectivity index (χ0n) is 13.0. The molecule has 2 N–H and O–H groups in total. The first-order chi connectivity index (χ1) is 12.1. The van der Waals surface area contributed by atoms with Gasteiger partial charge in [0, 0.05) is 27.3 Å². The molecule has 0 aliphatic carbocycles. The lowest BCUT2D eigenvalue weighted by Gasteiger charge is -2.08. The lowest BCUT2D eigenvalue weighted by atomic mass is 10.1. The van der Waals surface area contributed by atoms with Crippen LogP contribution in [-0.4, -0.2) is 21.7 Å². The van der Waals surface area contributed by atoms with Gasteiger partial charge in [0.2, 0.25) is 5.95 Å². The van der Waals surface area contributed by atoms with Crippen LogP contribution >= 0.6 is 34.8 Å². The van der Waals surface area contributed by atoms with Crippen molar-refractivity contribution in [2.45, 2.75) is 6.42 Å². The lowest BCUT2D eigenvalue weighted by Crippen LogP contribution is -2.08. The van der Waals surface area contributed by atoms with Crippen molar-refractivity contribution in [3.63, 3.8) is 0 Å². The monoisotopic (exact) mass is 393 g/mol. The van der Waals surface area contributed by atoms with Crippen LogP contribution in [0.25, 0.3) is 0 Å². The van der Waals surface area contributed by atoms with Crippen LogP contribution < -0.4 is 10.6 Å². The molecule has 0 aliphatic heterocycles. The Kier molecular flexibility index (Phi) is 5.91. The first-order valence-electron chi connectivity index (χ1n) is 7.50. The largest absolute Gasteiger partial charge is 0.368 e. The van der Waals surface area contributed by atoms with Crippen molar-refractivity contribution in [2.75, 3.05) is 17.2 Å². The molecular formula is C17H14Cl3N5. The van der Waals surface area contributed by atoms with Crippen LogP contribution in [0.1, 0.15) is 5.56 Å². The summed E-state index contributed by atoms with van der Waals surface area (Å²) in [5.41, 5.74) is 1.88. The van der Waals surface area contributed by atoms with Gasteiger partial charge in [-0.05, 0) is 42.3 Å². The molecule has 8 heteroatoms. The van der Waals surface area contributed by atoms with Gasteiger partial charge in [0.05, 0.1) is 6.20 Å². The summed E-state index contributed by atoms with van der Waals surface area (Å²) in [7, 11) is 0. The first-order valence-corrected chi connectivity index (χ1v) is 8.63. The van der Waals surface area contributed by atoms with Crippen molar-refractivity contribution in [1.82, 2.24) is 15.2 Å². The van der Waals surface area contributed by atoms with Crippen molar-refractivity contribution in [3.8, 4) is 0 Å². The minimum atomic E-state index is 0.356. The predicted octanol–water partition coefficient (Wildman–Crippen LogP) is 5.23. The Morgan fingerprint density at radius 2 is 1.60 bits per heavy atom. The topological polar surface area (TPSA) is 62.7 Å². The number of rotatable bonds is 6. The number of benzene rings is 2. The smallest absolute Gasteiger partial charge is 0.249 e. The number of hydrogen-bond donors (Lipinski definition) is 2. The molecular weight excluding hydrogens is 381 g/mol. The van der Waals surface area contributed by atoms with Gasteiger partial charge in [0.25, 0.3) is 0 Å². The third-order valence-corrected chi connectivity index (χ3v) is 4.00. The van der Waals surface area contributed by atoms with E-state index in [9.17, 15) is 0 Å². The number of anilines is 3. The van der Waals surface area contributed by atoms with Crippen molar-refractivity contribution in [3.05, 3.63) is 69.3 Å². The quantitative estimate of drug-likeness (QED) is 0.599. The molecule has 0 bridgehead atoms. The van der Waals surface area contributed by atoms with Crippen molar-refractivity contribution in [1.29, 1.82) is 0 Å². The molecule has 0 spiro atoms. The number of nitrogens with one attached hydrogen (secondary N) is 2. The highest BCUT2D eigenvalue weighted by Gasteiger charge is 2.04. The van der Waals surface area contributed by atoms with Gasteiger partial charge in [0.15, 0.2) is 5.82 Å². The van der Waals surface area contributed by atoms with Crippen LogP contribution in [0, 0.1) is 0 Å². The Hall–Kier alpha value is -2.08. The molecule has 1 aromatic heterocycles. The average molecular weight is 395 g/mol. The van der Waals surface area contributed by atoms with Crippen LogP contribution in [0.5, 0.6) is 0 Å². The third kappa shape index (κ3) is 5.46. The van der Waals surface area contributed by atoms with E-state index in [1.807, 2.05) is 24.3 Å². The fourth-order valence-corrected chi connectivity index (χ4v) is 2.83. The Morgan fingerprint density at radius 1 is 0.880 bits per heavy atom. The summed E-state index contributed by atoms with van der Waals surface area (Å²) < 4.78 is 0. The Balaban J connectivity index is 1.60. The van der Waals surface area contributed by atoms with Gasteiger partial charge >= 0.3 is 0 Å². The molecule has 5 nitrogen and oxygen atoms in total. The van der Waals surface area contributed by atoms with Crippen molar-refractivity contribution < 1.29 is 0 Å². The summed E-state index contributed by atoms with van der Waals surface area (Å²) in [6.45, 7) is 0.711. The molecule has 0 aliphatic rings. The maximum absolute atomic E-state index is 5.98. The summed E-state index contributed by atoms with van der Waals surface area (Å²) in [4.78, 5) is 4.37. The molecule has 0 saturated carbocycles. The zero-order chi connectivity index (χ0) is 17.6. The second-order valence-corrected chi connectivity index (χ2v) is 6.56. The lowest BCUT2D eigenvalue weighted by molar-refractivity contribution is 0.950. The average Bonchev–Trinajstić information content (AvgIpc) is 2.56. The fraction of sp³-hybridized carbons (Fsp3) is 0.118. The second kappa shape index (κ2) is 8.34. The molecule has 3 aromatic rings. The third-order valence-electron chi connectivity index (χ3n) is 3.31. The van der Waals surface area contributed by atoms with E-state index in [4.69, 9.17) is 34.8 Å². The molecule has 0 saturated heterocycles. The zero-order valence-corrected chi connectivity index (χ0v) is 15.3. The summed E-state index contributed by atoms with van der Waals surface area (Å²) in [5.74, 6) is 0.981. The summed E-state index contributed by atoms with van der Waals surface area (Å²) in [6.07, 6.45) is 2.41. The van der Waals surface area contributed by atoms with E-state index in [0.717, 1.165) is 11.4 Å². The summed E-state index contributed by atoms with van der Waals surface area (Å²) >= 11 is 17.8.